The number of Topliss-reactive ketones (excluding diaryl/α,β-unsaturated/α-hetero) is 1. The molecule has 0 saturated heterocycles. The van der Waals surface area contributed by atoms with Crippen molar-refractivity contribution < 1.29 is 14.3 Å². The van der Waals surface area contributed by atoms with Crippen LogP contribution in [0.15, 0.2) is 18.2 Å². The minimum atomic E-state index is -0.176. The summed E-state index contributed by atoms with van der Waals surface area (Å²) in [5.74, 6) is 0.262. The molecule has 0 unspecified atom stereocenters. The maximum Gasteiger partial charge on any atom is 0.221 e. The molecule has 0 radical (unpaired) electrons. The number of hydrogen-bond acceptors (Lipinski definition) is 4. The summed E-state index contributed by atoms with van der Waals surface area (Å²) in [7, 11) is 1.51. The summed E-state index contributed by atoms with van der Waals surface area (Å²) in [4.78, 5) is 22.9. The minimum absolute atomic E-state index is 0.0686. The van der Waals surface area contributed by atoms with Crippen LogP contribution in [-0.4, -0.2) is 31.9 Å². The van der Waals surface area contributed by atoms with Crippen LogP contribution < -0.4 is 15.4 Å². The number of anilines is 1. The molecule has 0 bridgehead atoms. The van der Waals surface area contributed by atoms with Gasteiger partial charge in [-0.25, -0.2) is 0 Å². The summed E-state index contributed by atoms with van der Waals surface area (Å²) in [6.07, 6.45) is 0. The lowest BCUT2D eigenvalue weighted by molar-refractivity contribution is -0.114. The van der Waals surface area contributed by atoms with Gasteiger partial charge in [-0.2, -0.15) is 0 Å². The molecule has 0 aliphatic heterocycles. The van der Waals surface area contributed by atoms with Gasteiger partial charge in [0.25, 0.3) is 0 Å². The number of likely N-dealkylation sites (N-methyl/N-ethyl adjacent to an activating group) is 1. The molecule has 0 aliphatic carbocycles. The van der Waals surface area contributed by atoms with E-state index in [0.717, 1.165) is 6.54 Å². The molecule has 0 atom stereocenters. The number of carbonyl (C=O) groups is 2. The van der Waals surface area contributed by atoms with E-state index < -0.39 is 0 Å². The van der Waals surface area contributed by atoms with Gasteiger partial charge >= 0.3 is 0 Å². The standard InChI is InChI=1S/C13H18N2O3/c1-4-14-8-12(17)11-7-10(15-9(2)16)5-6-13(11)18-3/h5-7,14H,4,8H2,1-3H3,(H,15,16). The monoisotopic (exact) mass is 250 g/mol. The second-order valence-corrected chi connectivity index (χ2v) is 3.80. The maximum absolute atomic E-state index is 12.0. The van der Waals surface area contributed by atoms with Gasteiger partial charge in [-0.05, 0) is 24.7 Å². The molecule has 1 aromatic carbocycles. The first-order chi connectivity index (χ1) is 8.58. The van der Waals surface area contributed by atoms with Crippen molar-refractivity contribution in [2.45, 2.75) is 13.8 Å². The number of nitrogens with one attached hydrogen (secondary N) is 2. The first-order valence-electron chi connectivity index (χ1n) is 5.78. The fraction of sp³-hybridized carbons (Fsp3) is 0.385. The van der Waals surface area contributed by atoms with E-state index in [0.29, 0.717) is 17.0 Å². The van der Waals surface area contributed by atoms with Crippen molar-refractivity contribution in [1.29, 1.82) is 0 Å². The van der Waals surface area contributed by atoms with Crippen molar-refractivity contribution in [1.82, 2.24) is 5.32 Å². The minimum Gasteiger partial charge on any atom is -0.496 e. The predicted molar refractivity (Wildman–Crippen MR) is 70.2 cm³/mol. The van der Waals surface area contributed by atoms with Gasteiger partial charge in [0.15, 0.2) is 5.78 Å². The van der Waals surface area contributed by atoms with Crippen molar-refractivity contribution in [3.05, 3.63) is 23.8 Å². The van der Waals surface area contributed by atoms with Crippen LogP contribution in [0.3, 0.4) is 0 Å². The Morgan fingerprint density at radius 2 is 2.06 bits per heavy atom. The first-order valence-corrected chi connectivity index (χ1v) is 5.78. The highest BCUT2D eigenvalue weighted by Gasteiger charge is 2.12. The van der Waals surface area contributed by atoms with E-state index in [1.54, 1.807) is 18.2 Å². The third-order valence-electron chi connectivity index (χ3n) is 2.36. The Balaban J connectivity index is 2.97. The van der Waals surface area contributed by atoms with Crippen LogP contribution in [0.5, 0.6) is 5.75 Å². The molecular weight excluding hydrogens is 232 g/mol. The van der Waals surface area contributed by atoms with Gasteiger partial charge in [0.2, 0.25) is 5.91 Å². The smallest absolute Gasteiger partial charge is 0.221 e. The third-order valence-corrected chi connectivity index (χ3v) is 2.36. The summed E-state index contributed by atoms with van der Waals surface area (Å²) in [5.41, 5.74) is 1.05. The Bertz CT molecular complexity index is 444. The van der Waals surface area contributed by atoms with E-state index in [9.17, 15) is 9.59 Å². The van der Waals surface area contributed by atoms with Gasteiger partial charge in [0, 0.05) is 12.6 Å². The molecule has 2 N–H and O–H groups in total. The van der Waals surface area contributed by atoms with Gasteiger partial charge in [-0.1, -0.05) is 6.92 Å². The Kier molecular flexibility index (Phi) is 5.32. The molecule has 1 amide bonds. The lowest BCUT2D eigenvalue weighted by Crippen LogP contribution is -2.23. The Morgan fingerprint density at radius 3 is 2.61 bits per heavy atom. The van der Waals surface area contributed by atoms with E-state index >= 15 is 0 Å². The number of amides is 1. The lowest BCUT2D eigenvalue weighted by atomic mass is 10.1. The molecule has 98 valence electrons. The molecule has 0 fully saturated rings. The van der Waals surface area contributed by atoms with Crippen LogP contribution in [0.1, 0.15) is 24.2 Å². The van der Waals surface area contributed by atoms with E-state index in [4.69, 9.17) is 4.74 Å². The van der Waals surface area contributed by atoms with Crippen molar-refractivity contribution in [3.63, 3.8) is 0 Å². The van der Waals surface area contributed by atoms with E-state index in [1.165, 1.54) is 14.0 Å². The van der Waals surface area contributed by atoms with Crippen LogP contribution in [0, 0.1) is 0 Å². The molecular formula is C13H18N2O3. The first kappa shape index (κ1) is 14.2. The number of ether oxygens (including phenoxy) is 1. The van der Waals surface area contributed by atoms with Crippen LogP contribution in [0.2, 0.25) is 0 Å². The molecule has 5 nitrogen and oxygen atoms in total. The van der Waals surface area contributed by atoms with Gasteiger partial charge in [-0.15, -0.1) is 0 Å². The Labute approximate surface area is 107 Å². The average Bonchev–Trinajstić information content (AvgIpc) is 2.35. The zero-order valence-electron chi connectivity index (χ0n) is 10.9. The topological polar surface area (TPSA) is 67.4 Å². The van der Waals surface area contributed by atoms with E-state index in [-0.39, 0.29) is 18.2 Å². The Hall–Kier alpha value is -1.88. The SMILES string of the molecule is CCNCC(=O)c1cc(NC(C)=O)ccc1OC. The zero-order valence-corrected chi connectivity index (χ0v) is 10.9. The summed E-state index contributed by atoms with van der Waals surface area (Å²) < 4.78 is 5.15. The van der Waals surface area contributed by atoms with Crippen molar-refractivity contribution in [3.8, 4) is 5.75 Å². The summed E-state index contributed by atoms with van der Waals surface area (Å²) in [5, 5.41) is 5.61. The second-order valence-electron chi connectivity index (χ2n) is 3.80. The highest BCUT2D eigenvalue weighted by molar-refractivity contribution is 6.01. The normalized spacial score (nSPS) is 9.94. The molecule has 5 heteroatoms. The van der Waals surface area contributed by atoms with Crippen LogP contribution >= 0.6 is 0 Å². The molecule has 0 heterocycles. The number of ketones is 1. The second kappa shape index (κ2) is 6.76. The van der Waals surface area contributed by atoms with Gasteiger partial charge in [-0.3, -0.25) is 9.59 Å². The molecule has 0 saturated carbocycles. The highest BCUT2D eigenvalue weighted by Crippen LogP contribution is 2.23. The number of hydrogen-bond donors (Lipinski definition) is 2. The fourth-order valence-electron chi connectivity index (χ4n) is 1.54. The quantitative estimate of drug-likeness (QED) is 0.750. The number of rotatable bonds is 6. The van der Waals surface area contributed by atoms with E-state index in [1.807, 2.05) is 6.92 Å². The Morgan fingerprint density at radius 1 is 1.33 bits per heavy atom. The number of benzene rings is 1. The average molecular weight is 250 g/mol. The van der Waals surface area contributed by atoms with Gasteiger partial charge in [0.1, 0.15) is 5.75 Å². The van der Waals surface area contributed by atoms with Crippen LogP contribution in [0.4, 0.5) is 5.69 Å². The third kappa shape index (κ3) is 3.85. The number of carbonyl (C=O) groups excluding carboxylic acids is 2. The molecule has 1 aromatic rings. The van der Waals surface area contributed by atoms with E-state index in [2.05, 4.69) is 10.6 Å². The highest BCUT2D eigenvalue weighted by atomic mass is 16.5. The van der Waals surface area contributed by atoms with Crippen LogP contribution in [0.25, 0.3) is 0 Å². The molecule has 1 rings (SSSR count). The largest absolute Gasteiger partial charge is 0.496 e. The molecule has 0 aliphatic rings. The van der Waals surface area contributed by atoms with Crippen LogP contribution in [-0.2, 0) is 4.79 Å². The number of methoxy groups -OCH3 is 1. The summed E-state index contributed by atoms with van der Waals surface area (Å²) in [6.45, 7) is 4.32. The molecule has 18 heavy (non-hydrogen) atoms. The van der Waals surface area contributed by atoms with Crippen molar-refractivity contribution in [2.24, 2.45) is 0 Å². The zero-order chi connectivity index (χ0) is 13.5. The molecule has 0 spiro atoms. The van der Waals surface area contributed by atoms with Crippen molar-refractivity contribution >= 4 is 17.4 Å². The lowest BCUT2D eigenvalue weighted by Gasteiger charge is -2.10. The maximum atomic E-state index is 12.0. The summed E-state index contributed by atoms with van der Waals surface area (Å²) in [6, 6.07) is 4.99. The van der Waals surface area contributed by atoms with Crippen molar-refractivity contribution in [2.75, 3.05) is 25.5 Å². The fourth-order valence-corrected chi connectivity index (χ4v) is 1.54. The summed E-state index contributed by atoms with van der Waals surface area (Å²) >= 11 is 0. The van der Waals surface area contributed by atoms with Gasteiger partial charge < -0.3 is 15.4 Å². The molecule has 0 aromatic heterocycles. The predicted octanol–water partition coefficient (Wildman–Crippen LogP) is 1.45. The van der Waals surface area contributed by atoms with Gasteiger partial charge in [0.05, 0.1) is 19.2 Å².